The van der Waals surface area contributed by atoms with E-state index in [1.54, 1.807) is 11.3 Å². The molecule has 3 nitrogen and oxygen atoms in total. The van der Waals surface area contributed by atoms with E-state index in [0.29, 0.717) is 5.92 Å². The van der Waals surface area contributed by atoms with Crippen LogP contribution in [0.2, 0.25) is 0 Å². The molecule has 0 saturated carbocycles. The van der Waals surface area contributed by atoms with Crippen LogP contribution < -0.4 is 5.32 Å². The Kier molecular flexibility index (Phi) is 4.68. The Balaban J connectivity index is 1.68. The fourth-order valence-corrected chi connectivity index (χ4v) is 3.55. The standard InChI is InChI=1S/C17H23N3S/c1-13(2)16-12-21-17(19-16)15-5-3-14(4-6-15)11-20-9-7-18-8-10-20/h3-6,12-13,18H,7-11H2,1-2H3. The molecular formula is C17H23N3S. The van der Waals surface area contributed by atoms with E-state index in [9.17, 15) is 0 Å². The van der Waals surface area contributed by atoms with Crippen LogP contribution in [0.5, 0.6) is 0 Å². The van der Waals surface area contributed by atoms with Crippen molar-refractivity contribution in [2.24, 2.45) is 0 Å². The van der Waals surface area contributed by atoms with Crippen molar-refractivity contribution in [2.45, 2.75) is 26.3 Å². The van der Waals surface area contributed by atoms with Crippen LogP contribution in [0.4, 0.5) is 0 Å². The van der Waals surface area contributed by atoms with Crippen LogP contribution >= 0.6 is 11.3 Å². The third-order valence-electron chi connectivity index (χ3n) is 3.93. The molecule has 0 atom stereocenters. The average Bonchev–Trinajstić information content (AvgIpc) is 2.99. The topological polar surface area (TPSA) is 28.2 Å². The van der Waals surface area contributed by atoms with Gasteiger partial charge in [-0.3, -0.25) is 4.90 Å². The molecule has 0 amide bonds. The predicted octanol–water partition coefficient (Wildman–Crippen LogP) is 3.34. The first kappa shape index (κ1) is 14.7. The number of thiazole rings is 1. The van der Waals surface area contributed by atoms with Gasteiger partial charge in [0.05, 0.1) is 5.69 Å². The van der Waals surface area contributed by atoms with Crippen molar-refractivity contribution < 1.29 is 0 Å². The highest BCUT2D eigenvalue weighted by Gasteiger charge is 2.11. The first-order chi connectivity index (χ1) is 10.2. The molecule has 0 unspecified atom stereocenters. The molecule has 1 saturated heterocycles. The lowest BCUT2D eigenvalue weighted by Crippen LogP contribution is -2.42. The zero-order valence-corrected chi connectivity index (χ0v) is 13.6. The Morgan fingerprint density at radius 2 is 1.90 bits per heavy atom. The molecule has 1 fully saturated rings. The fourth-order valence-electron chi connectivity index (χ4n) is 2.56. The van der Waals surface area contributed by atoms with Crippen molar-refractivity contribution in [2.75, 3.05) is 26.2 Å². The Labute approximate surface area is 131 Å². The highest BCUT2D eigenvalue weighted by atomic mass is 32.1. The number of hydrogen-bond donors (Lipinski definition) is 1. The van der Waals surface area contributed by atoms with E-state index in [4.69, 9.17) is 4.98 Å². The molecule has 0 bridgehead atoms. The molecule has 1 aromatic heterocycles. The van der Waals surface area contributed by atoms with Gasteiger partial charge in [-0.1, -0.05) is 38.1 Å². The number of benzene rings is 1. The minimum absolute atomic E-state index is 0.502. The maximum absolute atomic E-state index is 4.73. The first-order valence-corrected chi connectivity index (χ1v) is 8.58. The fraction of sp³-hybridized carbons (Fsp3) is 0.471. The Morgan fingerprint density at radius 3 is 2.52 bits per heavy atom. The van der Waals surface area contributed by atoms with Gasteiger partial charge in [-0.25, -0.2) is 4.98 Å². The highest BCUT2D eigenvalue weighted by molar-refractivity contribution is 7.13. The van der Waals surface area contributed by atoms with Crippen LogP contribution in [-0.4, -0.2) is 36.1 Å². The van der Waals surface area contributed by atoms with Crippen molar-refractivity contribution in [3.63, 3.8) is 0 Å². The lowest BCUT2D eigenvalue weighted by atomic mass is 10.1. The summed E-state index contributed by atoms with van der Waals surface area (Å²) in [5, 5.41) is 6.70. The van der Waals surface area contributed by atoms with Crippen molar-refractivity contribution in [1.29, 1.82) is 0 Å². The summed E-state index contributed by atoms with van der Waals surface area (Å²) in [6.45, 7) is 9.93. The Bertz CT molecular complexity index is 568. The molecule has 2 heterocycles. The van der Waals surface area contributed by atoms with Gasteiger partial charge in [-0.15, -0.1) is 11.3 Å². The summed E-state index contributed by atoms with van der Waals surface area (Å²) in [4.78, 5) is 7.23. The summed E-state index contributed by atoms with van der Waals surface area (Å²) in [7, 11) is 0. The number of aromatic nitrogens is 1. The second-order valence-corrected chi connectivity index (χ2v) is 6.81. The molecule has 21 heavy (non-hydrogen) atoms. The van der Waals surface area contributed by atoms with Gasteiger partial charge in [0.25, 0.3) is 0 Å². The summed E-state index contributed by atoms with van der Waals surface area (Å²) < 4.78 is 0. The highest BCUT2D eigenvalue weighted by Crippen LogP contribution is 2.27. The van der Waals surface area contributed by atoms with Crippen molar-refractivity contribution in [1.82, 2.24) is 15.2 Å². The number of hydrogen-bond acceptors (Lipinski definition) is 4. The van der Waals surface area contributed by atoms with Crippen LogP contribution in [0.1, 0.15) is 31.0 Å². The van der Waals surface area contributed by atoms with Crippen molar-refractivity contribution in [3.05, 3.63) is 40.9 Å². The second kappa shape index (κ2) is 6.69. The van der Waals surface area contributed by atoms with E-state index in [0.717, 1.165) is 37.7 Å². The number of rotatable bonds is 4. The van der Waals surface area contributed by atoms with Crippen LogP contribution in [-0.2, 0) is 6.54 Å². The molecule has 0 spiro atoms. The minimum Gasteiger partial charge on any atom is -0.314 e. The van der Waals surface area contributed by atoms with Crippen molar-refractivity contribution >= 4 is 11.3 Å². The molecule has 1 aliphatic heterocycles. The normalized spacial score (nSPS) is 16.5. The molecule has 3 rings (SSSR count). The van der Waals surface area contributed by atoms with Gasteiger partial charge in [0.15, 0.2) is 0 Å². The van der Waals surface area contributed by atoms with Crippen LogP contribution in [0.3, 0.4) is 0 Å². The van der Waals surface area contributed by atoms with E-state index < -0.39 is 0 Å². The lowest BCUT2D eigenvalue weighted by Gasteiger charge is -2.27. The summed E-state index contributed by atoms with van der Waals surface area (Å²) in [6.07, 6.45) is 0. The first-order valence-electron chi connectivity index (χ1n) is 7.70. The minimum atomic E-state index is 0.502. The molecule has 1 aromatic carbocycles. The van der Waals surface area contributed by atoms with Crippen LogP contribution in [0, 0.1) is 0 Å². The van der Waals surface area contributed by atoms with Crippen LogP contribution in [0.25, 0.3) is 10.6 Å². The molecule has 0 aliphatic carbocycles. The maximum atomic E-state index is 4.73. The van der Waals surface area contributed by atoms with Gasteiger partial charge in [0.2, 0.25) is 0 Å². The van der Waals surface area contributed by atoms with Gasteiger partial charge >= 0.3 is 0 Å². The molecule has 2 aromatic rings. The van der Waals surface area contributed by atoms with Gasteiger partial charge in [0, 0.05) is 43.7 Å². The quantitative estimate of drug-likeness (QED) is 0.939. The van der Waals surface area contributed by atoms with Gasteiger partial charge in [-0.2, -0.15) is 0 Å². The molecular weight excluding hydrogens is 278 g/mol. The molecule has 4 heteroatoms. The van der Waals surface area contributed by atoms with E-state index >= 15 is 0 Å². The van der Waals surface area contributed by atoms with Crippen molar-refractivity contribution in [3.8, 4) is 10.6 Å². The van der Waals surface area contributed by atoms with Crippen LogP contribution in [0.15, 0.2) is 29.6 Å². The average molecular weight is 301 g/mol. The Morgan fingerprint density at radius 1 is 1.19 bits per heavy atom. The predicted molar refractivity (Wildman–Crippen MR) is 89.8 cm³/mol. The van der Waals surface area contributed by atoms with E-state index in [1.807, 2.05) is 0 Å². The maximum Gasteiger partial charge on any atom is 0.123 e. The summed E-state index contributed by atoms with van der Waals surface area (Å²) in [5.74, 6) is 0.502. The zero-order chi connectivity index (χ0) is 14.7. The number of nitrogens with zero attached hydrogens (tertiary/aromatic N) is 2. The van der Waals surface area contributed by atoms with Gasteiger partial charge in [0.1, 0.15) is 5.01 Å². The van der Waals surface area contributed by atoms with E-state index in [1.165, 1.54) is 16.8 Å². The molecule has 1 aliphatic rings. The summed E-state index contributed by atoms with van der Waals surface area (Å²) in [6, 6.07) is 8.91. The van der Waals surface area contributed by atoms with Gasteiger partial charge < -0.3 is 5.32 Å². The number of piperazine rings is 1. The third kappa shape index (κ3) is 3.70. The number of nitrogens with one attached hydrogen (secondary N) is 1. The SMILES string of the molecule is CC(C)c1csc(-c2ccc(CN3CCNCC3)cc2)n1. The van der Waals surface area contributed by atoms with Gasteiger partial charge in [-0.05, 0) is 11.5 Å². The smallest absolute Gasteiger partial charge is 0.123 e. The monoisotopic (exact) mass is 301 g/mol. The largest absolute Gasteiger partial charge is 0.314 e. The summed E-state index contributed by atoms with van der Waals surface area (Å²) >= 11 is 1.74. The molecule has 0 radical (unpaired) electrons. The third-order valence-corrected chi connectivity index (χ3v) is 4.84. The summed E-state index contributed by atoms with van der Waals surface area (Å²) in [5.41, 5.74) is 3.82. The van der Waals surface area contributed by atoms with E-state index in [-0.39, 0.29) is 0 Å². The van der Waals surface area contributed by atoms with E-state index in [2.05, 4.69) is 53.7 Å². The lowest BCUT2D eigenvalue weighted by molar-refractivity contribution is 0.233. The zero-order valence-electron chi connectivity index (χ0n) is 12.8. The molecule has 112 valence electrons. The second-order valence-electron chi connectivity index (χ2n) is 5.96. The Hall–Kier alpha value is -1.23. The molecule has 1 N–H and O–H groups in total.